The van der Waals surface area contributed by atoms with Gasteiger partial charge in [0.1, 0.15) is 0 Å². The van der Waals surface area contributed by atoms with E-state index in [-0.39, 0.29) is 37.4 Å². The first kappa shape index (κ1) is 13.3. The van der Waals surface area contributed by atoms with Gasteiger partial charge in [0.25, 0.3) is 0 Å². The number of likely N-dealkylation sites (tertiary alicyclic amines) is 1. The summed E-state index contributed by atoms with van der Waals surface area (Å²) < 4.78 is 19.2. The topological polar surface area (TPSA) is 66.8 Å². The summed E-state index contributed by atoms with van der Waals surface area (Å²) in [5.74, 6) is -1.77. The molecule has 2 heterocycles. The molecule has 0 spiro atoms. The number of carbonyl (C=O) groups is 2. The van der Waals surface area contributed by atoms with E-state index < -0.39 is 11.6 Å². The molecule has 102 valence electrons. The van der Waals surface area contributed by atoms with Crippen LogP contribution in [0.4, 0.5) is 4.39 Å². The van der Waals surface area contributed by atoms with Crippen LogP contribution in [0.1, 0.15) is 26.2 Å². The lowest BCUT2D eigenvalue weighted by Crippen LogP contribution is -2.42. The summed E-state index contributed by atoms with van der Waals surface area (Å²) in [5.41, 5.74) is -2.27. The average molecular weight is 259 g/mol. The van der Waals surface area contributed by atoms with Crippen LogP contribution < -0.4 is 0 Å². The number of hydrogen-bond acceptors (Lipinski definition) is 3. The van der Waals surface area contributed by atoms with Crippen LogP contribution in [-0.2, 0) is 14.3 Å². The Balaban J connectivity index is 1.97. The van der Waals surface area contributed by atoms with Crippen LogP contribution in [0, 0.1) is 5.92 Å². The molecule has 1 amide bonds. The molecule has 0 aromatic heterocycles. The third kappa shape index (κ3) is 2.48. The predicted octanol–water partition coefficient (Wildman–Crippen LogP) is 0.827. The Labute approximate surface area is 105 Å². The van der Waals surface area contributed by atoms with Crippen molar-refractivity contribution in [1.29, 1.82) is 0 Å². The van der Waals surface area contributed by atoms with Crippen molar-refractivity contribution in [3.8, 4) is 0 Å². The Morgan fingerprint density at radius 1 is 1.50 bits per heavy atom. The highest BCUT2D eigenvalue weighted by atomic mass is 19.1. The van der Waals surface area contributed by atoms with Gasteiger partial charge in [0.15, 0.2) is 0 Å². The number of aliphatic carboxylic acids is 1. The molecule has 5 nitrogen and oxygen atoms in total. The molecule has 3 atom stereocenters. The number of ether oxygens (including phenoxy) is 1. The summed E-state index contributed by atoms with van der Waals surface area (Å²) in [4.78, 5) is 24.3. The number of hydrogen-bond donors (Lipinski definition) is 1. The maximum atomic E-state index is 13.9. The highest BCUT2D eigenvalue weighted by molar-refractivity contribution is 5.83. The molecule has 2 aliphatic rings. The number of halogens is 1. The molecule has 0 aliphatic carbocycles. The Hall–Kier alpha value is -1.17. The molecule has 0 radical (unpaired) electrons. The molecule has 0 bridgehead atoms. The van der Waals surface area contributed by atoms with Crippen LogP contribution in [-0.4, -0.2) is 53.4 Å². The summed E-state index contributed by atoms with van der Waals surface area (Å²) in [6.45, 7) is 2.30. The van der Waals surface area contributed by atoms with Crippen molar-refractivity contribution in [2.45, 2.75) is 38.0 Å². The smallest absolute Gasteiger partial charge is 0.343 e. The van der Waals surface area contributed by atoms with Gasteiger partial charge in [0.2, 0.25) is 11.6 Å². The summed E-state index contributed by atoms with van der Waals surface area (Å²) in [6.07, 6.45) is 1.17. The van der Waals surface area contributed by atoms with Gasteiger partial charge in [0.05, 0.1) is 12.6 Å². The molecule has 6 heteroatoms. The molecule has 18 heavy (non-hydrogen) atoms. The molecular weight excluding hydrogens is 241 g/mol. The minimum absolute atomic E-state index is 0.0323. The van der Waals surface area contributed by atoms with Crippen molar-refractivity contribution in [3.05, 3.63) is 0 Å². The highest BCUT2D eigenvalue weighted by Crippen LogP contribution is 2.29. The summed E-state index contributed by atoms with van der Waals surface area (Å²) in [5, 5.41) is 8.79. The number of carbonyl (C=O) groups excluding carboxylic acids is 1. The normalized spacial score (nSPS) is 36.7. The van der Waals surface area contributed by atoms with Crippen molar-refractivity contribution in [1.82, 2.24) is 4.90 Å². The molecule has 2 saturated heterocycles. The number of nitrogens with zero attached hydrogens (tertiary/aromatic N) is 1. The van der Waals surface area contributed by atoms with Gasteiger partial charge in [-0.3, -0.25) is 4.79 Å². The zero-order valence-corrected chi connectivity index (χ0v) is 10.4. The van der Waals surface area contributed by atoms with Gasteiger partial charge in [-0.1, -0.05) is 0 Å². The van der Waals surface area contributed by atoms with Crippen molar-refractivity contribution in [2.75, 3.05) is 19.7 Å². The fourth-order valence-corrected chi connectivity index (χ4v) is 2.62. The lowest BCUT2D eigenvalue weighted by molar-refractivity contribution is -0.150. The average Bonchev–Trinajstić information content (AvgIpc) is 2.72. The maximum absolute atomic E-state index is 13.9. The Morgan fingerprint density at radius 3 is 2.78 bits per heavy atom. The van der Waals surface area contributed by atoms with Crippen molar-refractivity contribution >= 4 is 11.9 Å². The third-order valence-electron chi connectivity index (χ3n) is 3.75. The monoisotopic (exact) mass is 259 g/mol. The lowest BCUT2D eigenvalue weighted by atomic mass is 9.95. The van der Waals surface area contributed by atoms with Crippen LogP contribution in [0.15, 0.2) is 0 Å². The fraction of sp³-hybridized carbons (Fsp3) is 0.833. The first-order valence-corrected chi connectivity index (χ1v) is 6.25. The first-order valence-electron chi connectivity index (χ1n) is 6.25. The quantitative estimate of drug-likeness (QED) is 0.797. The Kier molecular flexibility index (Phi) is 3.56. The van der Waals surface area contributed by atoms with E-state index in [0.29, 0.717) is 19.4 Å². The molecule has 0 aromatic rings. The standard InChI is InChI=1S/C12H18FNO4/c1-8-6-9(2-5-18-8)10(15)14-4-3-12(13,7-14)11(16)17/h8-9H,2-7H2,1H3,(H,16,17). The van der Waals surface area contributed by atoms with Gasteiger partial charge in [-0.25, -0.2) is 9.18 Å². The zero-order valence-electron chi connectivity index (χ0n) is 10.4. The van der Waals surface area contributed by atoms with Crippen molar-refractivity contribution < 1.29 is 23.8 Å². The number of carboxylic acids is 1. The van der Waals surface area contributed by atoms with Crippen molar-refractivity contribution in [3.63, 3.8) is 0 Å². The maximum Gasteiger partial charge on any atom is 0.343 e. The Bertz CT molecular complexity index is 362. The molecule has 0 saturated carbocycles. The highest BCUT2D eigenvalue weighted by Gasteiger charge is 2.47. The number of alkyl halides is 1. The predicted molar refractivity (Wildman–Crippen MR) is 60.8 cm³/mol. The van der Waals surface area contributed by atoms with Gasteiger partial charge in [-0.2, -0.15) is 0 Å². The van der Waals surface area contributed by atoms with E-state index in [0.717, 1.165) is 0 Å². The van der Waals surface area contributed by atoms with Gasteiger partial charge in [-0.05, 0) is 19.8 Å². The molecule has 1 N–H and O–H groups in total. The van der Waals surface area contributed by atoms with Crippen LogP contribution >= 0.6 is 0 Å². The largest absolute Gasteiger partial charge is 0.479 e. The van der Waals surface area contributed by atoms with E-state index in [1.165, 1.54) is 4.90 Å². The van der Waals surface area contributed by atoms with E-state index in [2.05, 4.69) is 0 Å². The Morgan fingerprint density at radius 2 is 2.22 bits per heavy atom. The summed E-state index contributed by atoms with van der Waals surface area (Å²) >= 11 is 0. The molecule has 2 aliphatic heterocycles. The van der Waals surface area contributed by atoms with E-state index in [4.69, 9.17) is 9.84 Å². The van der Waals surface area contributed by atoms with E-state index in [1.54, 1.807) is 0 Å². The molecule has 3 unspecified atom stereocenters. The number of rotatable bonds is 2. The second kappa shape index (κ2) is 4.84. The lowest BCUT2D eigenvalue weighted by Gasteiger charge is -2.29. The summed E-state index contributed by atoms with van der Waals surface area (Å²) in [7, 11) is 0. The summed E-state index contributed by atoms with van der Waals surface area (Å²) in [6, 6.07) is 0. The minimum atomic E-state index is -2.27. The van der Waals surface area contributed by atoms with Gasteiger partial charge in [-0.15, -0.1) is 0 Å². The minimum Gasteiger partial charge on any atom is -0.479 e. The third-order valence-corrected chi connectivity index (χ3v) is 3.75. The van der Waals surface area contributed by atoms with Crippen LogP contribution in [0.2, 0.25) is 0 Å². The molecular formula is C12H18FNO4. The van der Waals surface area contributed by atoms with E-state index in [9.17, 15) is 14.0 Å². The first-order chi connectivity index (χ1) is 8.42. The number of amides is 1. The molecule has 2 fully saturated rings. The molecule has 2 rings (SSSR count). The van der Waals surface area contributed by atoms with Gasteiger partial charge >= 0.3 is 5.97 Å². The van der Waals surface area contributed by atoms with Crippen molar-refractivity contribution in [2.24, 2.45) is 5.92 Å². The van der Waals surface area contributed by atoms with Crippen LogP contribution in [0.3, 0.4) is 0 Å². The van der Waals surface area contributed by atoms with Gasteiger partial charge < -0.3 is 14.7 Å². The van der Waals surface area contributed by atoms with E-state index in [1.807, 2.05) is 6.92 Å². The van der Waals surface area contributed by atoms with Gasteiger partial charge in [0, 0.05) is 25.5 Å². The number of carboxylic acid groups (broad SMARTS) is 1. The zero-order chi connectivity index (χ0) is 13.3. The second-order valence-electron chi connectivity index (χ2n) is 5.18. The molecule has 0 aromatic carbocycles. The SMILES string of the molecule is CC1CC(C(=O)N2CCC(F)(C(=O)O)C2)CCO1. The fourth-order valence-electron chi connectivity index (χ4n) is 2.62. The van der Waals surface area contributed by atoms with Crippen LogP contribution in [0.5, 0.6) is 0 Å². The van der Waals surface area contributed by atoms with E-state index >= 15 is 0 Å². The second-order valence-corrected chi connectivity index (χ2v) is 5.18. The van der Waals surface area contributed by atoms with Crippen LogP contribution in [0.25, 0.3) is 0 Å².